The molecule has 0 fully saturated rings. The lowest BCUT2D eigenvalue weighted by molar-refractivity contribution is -0.143. The molecule has 0 saturated heterocycles. The third-order valence-corrected chi connectivity index (χ3v) is 6.99. The van der Waals surface area contributed by atoms with Crippen LogP contribution in [-0.2, 0) is 38.5 Å². The Morgan fingerprint density at radius 3 is 2.50 bits per heavy atom. The Morgan fingerprint density at radius 1 is 1.07 bits per heavy atom. The van der Waals surface area contributed by atoms with Crippen molar-refractivity contribution in [2.75, 3.05) is 38.2 Å². The first-order valence-corrected chi connectivity index (χ1v) is 15.0. The molecule has 1 N–H and O–H groups in total. The van der Waals surface area contributed by atoms with Crippen LogP contribution in [0.15, 0.2) is 42.5 Å². The summed E-state index contributed by atoms with van der Waals surface area (Å²) >= 11 is 0. The van der Waals surface area contributed by atoms with Gasteiger partial charge in [0.05, 0.1) is 13.7 Å². The average Bonchev–Trinajstić information content (AvgIpc) is 2.98. The minimum atomic E-state index is -2.56. The number of halogens is 2. The molecule has 2 amide bonds. The number of ether oxygens (including phenoxy) is 3. The third-order valence-electron chi connectivity index (χ3n) is 6.99. The number of carbonyl (C=O) groups excluding carboxylic acids is 3. The largest absolute Gasteiger partial charge is 0.467 e. The van der Waals surface area contributed by atoms with Crippen LogP contribution in [0.3, 0.4) is 0 Å². The number of aromatic nitrogens is 1. The van der Waals surface area contributed by atoms with Gasteiger partial charge in [0, 0.05) is 18.8 Å². The molecule has 3 rings (SSSR count). The van der Waals surface area contributed by atoms with E-state index < -0.39 is 42.8 Å². The van der Waals surface area contributed by atoms with E-state index in [2.05, 4.69) is 5.32 Å². The van der Waals surface area contributed by atoms with Crippen molar-refractivity contribution in [2.45, 2.75) is 84.0 Å². The fourth-order valence-electron chi connectivity index (χ4n) is 4.85. The van der Waals surface area contributed by atoms with Gasteiger partial charge in [-0.1, -0.05) is 36.4 Å². The van der Waals surface area contributed by atoms with E-state index in [0.717, 1.165) is 29.7 Å². The van der Waals surface area contributed by atoms with Crippen LogP contribution in [0.4, 0.5) is 24.2 Å². The maximum atomic E-state index is 13.4. The van der Waals surface area contributed by atoms with Crippen LogP contribution in [0, 0.1) is 0 Å². The van der Waals surface area contributed by atoms with Gasteiger partial charge in [-0.05, 0) is 83.0 Å². The van der Waals surface area contributed by atoms with Gasteiger partial charge in [0.15, 0.2) is 0 Å². The Morgan fingerprint density at radius 2 is 1.82 bits per heavy atom. The second kappa shape index (κ2) is 16.9. The summed E-state index contributed by atoms with van der Waals surface area (Å²) in [4.78, 5) is 45.3. The zero-order valence-electron chi connectivity index (χ0n) is 26.0. The number of rotatable bonds is 14. The van der Waals surface area contributed by atoms with E-state index >= 15 is 0 Å². The van der Waals surface area contributed by atoms with Crippen molar-refractivity contribution in [3.05, 3.63) is 59.3 Å². The summed E-state index contributed by atoms with van der Waals surface area (Å²) in [6.45, 7) is 6.08. The maximum absolute atomic E-state index is 13.4. The SMILES string of the molecule is COC(=O)[C@H](CCN(CCCCc1ccc2c(n1)N(C(=O)OC(C)(C)C)CCC2)CC(F)F)NC(=O)OCc1ccccc1. The molecule has 1 atom stereocenters. The van der Waals surface area contributed by atoms with Crippen molar-refractivity contribution < 1.29 is 37.4 Å². The molecule has 0 unspecified atom stereocenters. The summed E-state index contributed by atoms with van der Waals surface area (Å²) in [6, 6.07) is 12.0. The number of alkyl halides is 2. The molecule has 44 heavy (non-hydrogen) atoms. The van der Waals surface area contributed by atoms with E-state index in [0.29, 0.717) is 38.2 Å². The summed E-state index contributed by atoms with van der Waals surface area (Å²) in [5, 5.41) is 2.49. The molecule has 2 heterocycles. The standard InChI is InChI=1S/C32H44F2N4O6/c1-32(2,3)44-31(41)38-19-10-13-24-15-16-25(35-28(24)38)14-8-9-18-37(21-27(33)34)20-17-26(29(39)42-4)36-30(40)43-22-23-11-6-5-7-12-23/h5-7,11-12,15-16,26-27H,8-10,13-14,17-22H2,1-4H3,(H,36,40)/t26-/m0/s1. The minimum Gasteiger partial charge on any atom is -0.467 e. The van der Waals surface area contributed by atoms with E-state index in [9.17, 15) is 23.2 Å². The van der Waals surface area contributed by atoms with Crippen LogP contribution in [0.5, 0.6) is 0 Å². The maximum Gasteiger partial charge on any atom is 0.416 e. The molecule has 0 bridgehead atoms. The molecule has 2 aromatic rings. The van der Waals surface area contributed by atoms with Crippen LogP contribution in [0.25, 0.3) is 0 Å². The van der Waals surface area contributed by atoms with Crippen LogP contribution in [0.2, 0.25) is 0 Å². The van der Waals surface area contributed by atoms with Gasteiger partial charge in [-0.15, -0.1) is 0 Å². The Labute approximate surface area is 258 Å². The number of fused-ring (bicyclic) bond motifs is 1. The molecule has 0 radical (unpaired) electrons. The molecule has 0 aliphatic carbocycles. The minimum absolute atomic E-state index is 0.0240. The van der Waals surface area contributed by atoms with Gasteiger partial charge in [-0.2, -0.15) is 0 Å². The molecular formula is C32H44F2N4O6. The number of methoxy groups -OCH3 is 1. The van der Waals surface area contributed by atoms with Crippen molar-refractivity contribution in [1.82, 2.24) is 15.2 Å². The Hall–Kier alpha value is -3.80. The number of nitrogens with one attached hydrogen (secondary N) is 1. The van der Waals surface area contributed by atoms with Gasteiger partial charge in [-0.3, -0.25) is 9.80 Å². The predicted molar refractivity (Wildman–Crippen MR) is 162 cm³/mol. The zero-order chi connectivity index (χ0) is 32.1. The number of carbonyl (C=O) groups is 3. The number of nitrogens with zero attached hydrogens (tertiary/aromatic N) is 3. The Kier molecular flexibility index (Phi) is 13.3. The summed E-state index contributed by atoms with van der Waals surface area (Å²) in [6.07, 6.45) is -0.145. The number of unbranched alkanes of at least 4 members (excludes halogenated alkanes) is 1. The number of esters is 1. The highest BCUT2D eigenvalue weighted by Gasteiger charge is 2.29. The summed E-state index contributed by atoms with van der Waals surface area (Å²) in [5.74, 6) is -0.0662. The molecule has 10 nitrogen and oxygen atoms in total. The molecule has 242 valence electrons. The number of anilines is 1. The van der Waals surface area contributed by atoms with Gasteiger partial charge in [-0.25, -0.2) is 28.1 Å². The highest BCUT2D eigenvalue weighted by molar-refractivity contribution is 5.88. The van der Waals surface area contributed by atoms with E-state index in [1.54, 1.807) is 21.9 Å². The molecule has 0 saturated carbocycles. The molecule has 12 heteroatoms. The van der Waals surface area contributed by atoms with Gasteiger partial charge >= 0.3 is 18.2 Å². The number of alkyl carbamates (subject to hydrolysis) is 1. The fraction of sp³-hybridized carbons (Fsp3) is 0.562. The number of amides is 2. The van der Waals surface area contributed by atoms with Crippen LogP contribution >= 0.6 is 0 Å². The van der Waals surface area contributed by atoms with Crippen molar-refractivity contribution in [3.8, 4) is 0 Å². The lowest BCUT2D eigenvalue weighted by Crippen LogP contribution is -2.44. The van der Waals surface area contributed by atoms with Crippen molar-refractivity contribution in [3.63, 3.8) is 0 Å². The van der Waals surface area contributed by atoms with Gasteiger partial charge in [0.2, 0.25) is 0 Å². The molecular weight excluding hydrogens is 574 g/mol. The van der Waals surface area contributed by atoms with Crippen molar-refractivity contribution in [1.29, 1.82) is 0 Å². The molecule has 1 aromatic heterocycles. The quantitative estimate of drug-likeness (QED) is 0.168. The van der Waals surface area contributed by atoms with Crippen LogP contribution in [0.1, 0.15) is 63.3 Å². The number of pyridine rings is 1. The highest BCUT2D eigenvalue weighted by atomic mass is 19.3. The number of aryl methyl sites for hydroxylation is 2. The van der Waals surface area contributed by atoms with E-state index in [-0.39, 0.29) is 19.6 Å². The number of benzene rings is 1. The zero-order valence-corrected chi connectivity index (χ0v) is 26.0. The monoisotopic (exact) mass is 618 g/mol. The van der Waals surface area contributed by atoms with Crippen molar-refractivity contribution in [2.24, 2.45) is 0 Å². The fourth-order valence-corrected chi connectivity index (χ4v) is 4.85. The molecule has 1 aliphatic rings. The first-order chi connectivity index (χ1) is 20.9. The van der Waals surface area contributed by atoms with Crippen LogP contribution < -0.4 is 10.2 Å². The molecule has 1 aliphatic heterocycles. The Balaban J connectivity index is 1.52. The summed E-state index contributed by atoms with van der Waals surface area (Å²) < 4.78 is 42.3. The van der Waals surface area contributed by atoms with Gasteiger partial charge in [0.25, 0.3) is 6.43 Å². The highest BCUT2D eigenvalue weighted by Crippen LogP contribution is 2.27. The topological polar surface area (TPSA) is 110 Å². The lowest BCUT2D eigenvalue weighted by Gasteiger charge is -2.31. The summed E-state index contributed by atoms with van der Waals surface area (Å²) in [5.41, 5.74) is 1.97. The Bertz CT molecular complexity index is 1220. The molecule has 0 spiro atoms. The average molecular weight is 619 g/mol. The van der Waals surface area contributed by atoms with Crippen LogP contribution in [-0.4, -0.2) is 79.4 Å². The van der Waals surface area contributed by atoms with E-state index in [4.69, 9.17) is 19.2 Å². The first-order valence-electron chi connectivity index (χ1n) is 15.0. The second-order valence-corrected chi connectivity index (χ2v) is 11.7. The molecule has 1 aromatic carbocycles. The van der Waals surface area contributed by atoms with E-state index in [1.165, 1.54) is 7.11 Å². The predicted octanol–water partition coefficient (Wildman–Crippen LogP) is 5.52. The number of hydrogen-bond acceptors (Lipinski definition) is 8. The lowest BCUT2D eigenvalue weighted by atomic mass is 10.0. The summed E-state index contributed by atoms with van der Waals surface area (Å²) in [7, 11) is 1.20. The van der Waals surface area contributed by atoms with Gasteiger partial charge < -0.3 is 19.5 Å². The first kappa shape index (κ1) is 34.7. The van der Waals surface area contributed by atoms with Gasteiger partial charge in [0.1, 0.15) is 24.1 Å². The van der Waals surface area contributed by atoms with Crippen molar-refractivity contribution >= 4 is 24.0 Å². The van der Waals surface area contributed by atoms with E-state index in [1.807, 2.05) is 51.1 Å². The normalized spacial score (nSPS) is 13.8. The smallest absolute Gasteiger partial charge is 0.416 e. The third kappa shape index (κ3) is 11.7. The number of hydrogen-bond donors (Lipinski definition) is 1. The second-order valence-electron chi connectivity index (χ2n) is 11.7.